The second kappa shape index (κ2) is 4.68. The zero-order valence-corrected chi connectivity index (χ0v) is 11.0. The Morgan fingerprint density at radius 3 is 2.74 bits per heavy atom. The summed E-state index contributed by atoms with van der Waals surface area (Å²) in [7, 11) is 0. The van der Waals surface area contributed by atoms with Gasteiger partial charge in [-0.05, 0) is 19.4 Å². The molecule has 0 aliphatic carbocycles. The fraction of sp³-hybridized carbons (Fsp3) is 0.214. The van der Waals surface area contributed by atoms with Gasteiger partial charge in [-0.2, -0.15) is 0 Å². The van der Waals surface area contributed by atoms with Crippen LogP contribution in [-0.2, 0) is 6.54 Å². The highest BCUT2D eigenvalue weighted by Gasteiger charge is 2.09. The van der Waals surface area contributed by atoms with Crippen LogP contribution in [0.3, 0.4) is 0 Å². The van der Waals surface area contributed by atoms with E-state index in [1.807, 2.05) is 29.5 Å². The Morgan fingerprint density at radius 2 is 1.95 bits per heavy atom. The molecule has 2 aromatic heterocycles. The number of aromatic nitrogens is 4. The van der Waals surface area contributed by atoms with Crippen LogP contribution < -0.4 is 5.32 Å². The van der Waals surface area contributed by atoms with Crippen molar-refractivity contribution in [2.24, 2.45) is 0 Å². The van der Waals surface area contributed by atoms with Crippen molar-refractivity contribution in [3.8, 4) is 0 Å². The lowest BCUT2D eigenvalue weighted by molar-refractivity contribution is 1.00. The van der Waals surface area contributed by atoms with Crippen LogP contribution in [0, 0.1) is 13.8 Å². The molecule has 5 heteroatoms. The van der Waals surface area contributed by atoms with Gasteiger partial charge in [0.2, 0.25) is 0 Å². The van der Waals surface area contributed by atoms with Crippen LogP contribution in [0.2, 0.25) is 0 Å². The number of benzene rings is 1. The van der Waals surface area contributed by atoms with E-state index in [-0.39, 0.29) is 0 Å². The minimum Gasteiger partial charge on any atom is -0.367 e. The molecular formula is C14H15N5. The second-order valence-electron chi connectivity index (χ2n) is 4.51. The van der Waals surface area contributed by atoms with Crippen LogP contribution in [-0.4, -0.2) is 19.6 Å². The van der Waals surface area contributed by atoms with E-state index in [0.29, 0.717) is 5.78 Å². The molecule has 0 amide bonds. The van der Waals surface area contributed by atoms with Crippen molar-refractivity contribution in [1.29, 1.82) is 0 Å². The van der Waals surface area contributed by atoms with E-state index in [9.17, 15) is 0 Å². The summed E-state index contributed by atoms with van der Waals surface area (Å²) in [6, 6.07) is 10.3. The zero-order chi connectivity index (χ0) is 13.2. The first kappa shape index (κ1) is 11.6. The Hall–Kier alpha value is -2.43. The van der Waals surface area contributed by atoms with Crippen LogP contribution >= 0.6 is 0 Å². The molecule has 0 saturated carbocycles. The Morgan fingerprint density at radius 1 is 1.16 bits per heavy atom. The first-order valence-electron chi connectivity index (χ1n) is 6.20. The van der Waals surface area contributed by atoms with Crippen molar-refractivity contribution in [3.05, 3.63) is 53.5 Å². The third-order valence-corrected chi connectivity index (χ3v) is 3.24. The van der Waals surface area contributed by atoms with Crippen LogP contribution in [0.4, 0.5) is 5.82 Å². The fourth-order valence-electron chi connectivity index (χ4n) is 2.05. The summed E-state index contributed by atoms with van der Waals surface area (Å²) in [6.07, 6.45) is 1.68. The van der Waals surface area contributed by atoms with Crippen molar-refractivity contribution in [3.63, 3.8) is 0 Å². The van der Waals surface area contributed by atoms with E-state index < -0.39 is 0 Å². The summed E-state index contributed by atoms with van der Waals surface area (Å²) in [4.78, 5) is 4.40. The highest BCUT2D eigenvalue weighted by molar-refractivity contribution is 5.52. The highest BCUT2D eigenvalue weighted by Crippen LogP contribution is 2.18. The molecule has 96 valence electrons. The van der Waals surface area contributed by atoms with Gasteiger partial charge in [0, 0.05) is 17.8 Å². The Labute approximate surface area is 111 Å². The molecular weight excluding hydrogens is 238 g/mol. The third kappa shape index (κ3) is 2.14. The summed E-state index contributed by atoms with van der Waals surface area (Å²) in [5, 5.41) is 11.3. The predicted molar refractivity (Wildman–Crippen MR) is 74.0 cm³/mol. The second-order valence-corrected chi connectivity index (χ2v) is 4.51. The van der Waals surface area contributed by atoms with Gasteiger partial charge < -0.3 is 5.32 Å². The molecule has 5 nitrogen and oxygen atoms in total. The van der Waals surface area contributed by atoms with E-state index >= 15 is 0 Å². The fourth-order valence-corrected chi connectivity index (χ4v) is 2.05. The lowest BCUT2D eigenvalue weighted by atomic mass is 10.2. The van der Waals surface area contributed by atoms with E-state index in [1.54, 1.807) is 6.33 Å². The largest absolute Gasteiger partial charge is 0.367 e. The van der Waals surface area contributed by atoms with Crippen LogP contribution in [0.25, 0.3) is 5.78 Å². The molecule has 3 rings (SSSR count). The summed E-state index contributed by atoms with van der Waals surface area (Å²) >= 11 is 0. The van der Waals surface area contributed by atoms with Crippen molar-refractivity contribution in [2.45, 2.75) is 20.4 Å². The molecule has 0 aliphatic rings. The van der Waals surface area contributed by atoms with Gasteiger partial charge in [-0.1, -0.05) is 30.3 Å². The first-order valence-corrected chi connectivity index (χ1v) is 6.20. The number of rotatable bonds is 3. The monoisotopic (exact) mass is 253 g/mol. The molecule has 0 saturated heterocycles. The van der Waals surface area contributed by atoms with Crippen molar-refractivity contribution < 1.29 is 0 Å². The topological polar surface area (TPSA) is 55.1 Å². The van der Waals surface area contributed by atoms with Crippen LogP contribution in [0.15, 0.2) is 36.7 Å². The Balaban J connectivity index is 1.96. The molecule has 0 atom stereocenters. The molecule has 0 bridgehead atoms. The van der Waals surface area contributed by atoms with Gasteiger partial charge >= 0.3 is 0 Å². The van der Waals surface area contributed by atoms with Crippen molar-refractivity contribution in [2.75, 3.05) is 5.32 Å². The van der Waals surface area contributed by atoms with Gasteiger partial charge in [-0.25, -0.2) is 4.98 Å². The lowest BCUT2D eigenvalue weighted by Gasteiger charge is -2.13. The maximum absolute atomic E-state index is 4.40. The summed E-state index contributed by atoms with van der Waals surface area (Å²) in [5.41, 5.74) is 3.32. The Kier molecular flexibility index (Phi) is 2.87. The van der Waals surface area contributed by atoms with E-state index in [2.05, 4.69) is 39.6 Å². The summed E-state index contributed by atoms with van der Waals surface area (Å²) in [6.45, 7) is 4.80. The molecule has 0 spiro atoms. The minimum atomic E-state index is 0.624. The van der Waals surface area contributed by atoms with E-state index in [0.717, 1.165) is 23.6 Å². The molecule has 2 heterocycles. The number of fused-ring (bicyclic) bond motifs is 1. The standard InChI is InChI=1S/C14H15N5/c1-10-11(2)17-14-18-16-9-19(14)13(10)15-8-12-6-4-3-5-7-12/h3-7,9,15H,8H2,1-2H3. The SMILES string of the molecule is Cc1nc2nncn2c(NCc2ccccc2)c1C. The number of nitrogens with one attached hydrogen (secondary N) is 1. The lowest BCUT2D eigenvalue weighted by Crippen LogP contribution is -2.08. The number of hydrogen-bond acceptors (Lipinski definition) is 4. The van der Waals surface area contributed by atoms with Gasteiger partial charge in [-0.15, -0.1) is 10.2 Å². The maximum Gasteiger partial charge on any atom is 0.256 e. The van der Waals surface area contributed by atoms with Gasteiger partial charge in [0.25, 0.3) is 5.78 Å². The average molecular weight is 253 g/mol. The average Bonchev–Trinajstić information content (AvgIpc) is 2.88. The number of hydrogen-bond donors (Lipinski definition) is 1. The normalized spacial score (nSPS) is 10.8. The van der Waals surface area contributed by atoms with Gasteiger partial charge in [0.15, 0.2) is 0 Å². The molecule has 0 fully saturated rings. The number of anilines is 1. The van der Waals surface area contributed by atoms with E-state index in [4.69, 9.17) is 0 Å². The molecule has 3 aromatic rings. The smallest absolute Gasteiger partial charge is 0.256 e. The molecule has 19 heavy (non-hydrogen) atoms. The Bertz CT molecular complexity index is 702. The molecule has 0 radical (unpaired) electrons. The number of aryl methyl sites for hydroxylation is 1. The molecule has 0 aliphatic heterocycles. The number of nitrogens with zero attached hydrogens (tertiary/aromatic N) is 4. The summed E-state index contributed by atoms with van der Waals surface area (Å²) < 4.78 is 1.88. The zero-order valence-electron chi connectivity index (χ0n) is 11.0. The van der Waals surface area contributed by atoms with Gasteiger partial charge in [0.05, 0.1) is 0 Å². The predicted octanol–water partition coefficient (Wildman–Crippen LogP) is 2.35. The first-order chi connectivity index (χ1) is 9.25. The summed E-state index contributed by atoms with van der Waals surface area (Å²) in [5.74, 6) is 1.62. The highest BCUT2D eigenvalue weighted by atomic mass is 15.3. The van der Waals surface area contributed by atoms with Crippen LogP contribution in [0.5, 0.6) is 0 Å². The molecule has 0 unspecified atom stereocenters. The minimum absolute atomic E-state index is 0.624. The quantitative estimate of drug-likeness (QED) is 0.778. The van der Waals surface area contributed by atoms with E-state index in [1.165, 1.54) is 5.56 Å². The van der Waals surface area contributed by atoms with Crippen molar-refractivity contribution in [1.82, 2.24) is 19.6 Å². The molecule has 1 N–H and O–H groups in total. The molecule has 1 aromatic carbocycles. The third-order valence-electron chi connectivity index (χ3n) is 3.24. The van der Waals surface area contributed by atoms with Gasteiger partial charge in [0.1, 0.15) is 12.1 Å². The maximum atomic E-state index is 4.40. The van der Waals surface area contributed by atoms with Crippen LogP contribution in [0.1, 0.15) is 16.8 Å². The van der Waals surface area contributed by atoms with Gasteiger partial charge in [-0.3, -0.25) is 4.40 Å². The van der Waals surface area contributed by atoms with Crippen molar-refractivity contribution >= 4 is 11.6 Å².